The average molecular weight is 1650 g/mol. The highest BCUT2D eigenvalue weighted by Gasteiger charge is 2.26. The summed E-state index contributed by atoms with van der Waals surface area (Å²) in [5.74, 6) is 0. The fourth-order valence-electron chi connectivity index (χ4n) is 20.7. The van der Waals surface area contributed by atoms with E-state index in [0.29, 0.717) is 0 Å². The maximum Gasteiger partial charge on any atom is 0.137 e. The number of anilines is 6. The van der Waals surface area contributed by atoms with Crippen molar-refractivity contribution in [3.63, 3.8) is 0 Å². The highest BCUT2D eigenvalue weighted by atomic mass is 32.1. The van der Waals surface area contributed by atoms with E-state index in [1.807, 2.05) is 11.3 Å². The summed E-state index contributed by atoms with van der Waals surface area (Å²) in [7, 11) is 0. The molecule has 7 nitrogen and oxygen atoms in total. The SMILES string of the molecule is c1ccc(-n2c3ccccc3c3ccccc32)c(-c2ccc(N(c3ccc(-c4ccccc4-n4c5ccccc5c5ccccc54)cc3)c3ccc4c(c3)oc3cc(-c5ccc6c(c5)c5ccccc5n6-c5ccccc5-c5ccc(N(c6ccc(-c7ccccc7-n7c8ccccc8c8ccccc87)cc6)c6cccc7sc8ccccc8c67)cc5)ccc34)cc2)c1. The van der Waals surface area contributed by atoms with Crippen LogP contribution in [0.25, 0.3) is 208 Å². The molecular weight excluding hydrogens is 1570 g/mol. The van der Waals surface area contributed by atoms with Crippen molar-refractivity contribution in [2.24, 2.45) is 0 Å². The number of hydrogen-bond acceptors (Lipinski definition) is 4. The number of furan rings is 1. The smallest absolute Gasteiger partial charge is 0.137 e. The molecule has 6 aromatic heterocycles. The first kappa shape index (κ1) is 72.8. The van der Waals surface area contributed by atoms with E-state index in [2.05, 4.69) is 489 Å². The largest absolute Gasteiger partial charge is 0.456 e. The fourth-order valence-corrected chi connectivity index (χ4v) is 21.8. The van der Waals surface area contributed by atoms with Crippen LogP contribution in [0.3, 0.4) is 0 Å². The Morgan fingerprint density at radius 3 is 0.859 bits per heavy atom. The zero-order valence-corrected chi connectivity index (χ0v) is 70.2. The van der Waals surface area contributed by atoms with Crippen LogP contribution in [-0.4, -0.2) is 18.3 Å². The number of para-hydroxylation sites is 11. The van der Waals surface area contributed by atoms with Crippen LogP contribution >= 0.6 is 11.3 Å². The maximum atomic E-state index is 7.13. The Kier molecular flexibility index (Phi) is 16.8. The van der Waals surface area contributed by atoms with Gasteiger partial charge in [0.1, 0.15) is 11.2 Å². The van der Waals surface area contributed by atoms with Crippen LogP contribution in [0.15, 0.2) is 465 Å². The molecule has 0 saturated heterocycles. The molecule has 0 amide bonds. The van der Waals surface area contributed by atoms with Crippen LogP contribution in [0.5, 0.6) is 0 Å². The molecule has 8 heteroatoms. The Labute approximate surface area is 741 Å². The lowest BCUT2D eigenvalue weighted by atomic mass is 10.0. The second-order valence-corrected chi connectivity index (χ2v) is 34.4. The van der Waals surface area contributed by atoms with E-state index in [1.54, 1.807) is 0 Å². The van der Waals surface area contributed by atoms with Crippen molar-refractivity contribution in [3.8, 4) is 78.4 Å². The van der Waals surface area contributed by atoms with E-state index in [1.165, 1.54) is 102 Å². The molecule has 0 fully saturated rings. The van der Waals surface area contributed by atoms with Gasteiger partial charge in [-0.05, 0) is 203 Å². The molecule has 20 aromatic carbocycles. The van der Waals surface area contributed by atoms with Gasteiger partial charge in [0, 0.05) is 131 Å². The van der Waals surface area contributed by atoms with Crippen LogP contribution in [0.2, 0.25) is 0 Å². The molecule has 26 aromatic rings. The summed E-state index contributed by atoms with van der Waals surface area (Å²) >= 11 is 1.85. The summed E-state index contributed by atoms with van der Waals surface area (Å²) < 4.78 is 19.4. The van der Waals surface area contributed by atoms with Crippen molar-refractivity contribution in [3.05, 3.63) is 461 Å². The third-order valence-electron chi connectivity index (χ3n) is 26.4. The van der Waals surface area contributed by atoms with Gasteiger partial charge >= 0.3 is 0 Å². The molecule has 0 aliphatic heterocycles. The molecule has 0 aliphatic rings. The van der Waals surface area contributed by atoms with Gasteiger partial charge in [-0.15, -0.1) is 11.3 Å². The summed E-state index contributed by atoms with van der Waals surface area (Å²) in [6, 6.07) is 169. The first-order valence-corrected chi connectivity index (χ1v) is 44.6. The van der Waals surface area contributed by atoms with Gasteiger partial charge in [0.2, 0.25) is 0 Å². The summed E-state index contributed by atoms with van der Waals surface area (Å²) in [6.07, 6.45) is 0. The number of rotatable bonds is 15. The number of nitrogens with zero attached hydrogens (tertiary/aromatic N) is 6. The van der Waals surface area contributed by atoms with Crippen molar-refractivity contribution < 1.29 is 4.42 Å². The molecule has 0 aliphatic carbocycles. The van der Waals surface area contributed by atoms with Gasteiger partial charge in [-0.2, -0.15) is 0 Å². The van der Waals surface area contributed by atoms with E-state index in [9.17, 15) is 0 Å². The Bertz CT molecular complexity index is 8600. The molecule has 0 bridgehead atoms. The summed E-state index contributed by atoms with van der Waals surface area (Å²) in [4.78, 5) is 4.81. The predicted molar refractivity (Wildman–Crippen MR) is 541 cm³/mol. The lowest BCUT2D eigenvalue weighted by Gasteiger charge is -2.27. The average Bonchev–Trinajstić information content (AvgIpc) is 1.55. The van der Waals surface area contributed by atoms with E-state index < -0.39 is 0 Å². The highest BCUT2D eigenvalue weighted by molar-refractivity contribution is 7.26. The first-order chi connectivity index (χ1) is 63.5. The second-order valence-electron chi connectivity index (χ2n) is 33.4. The van der Waals surface area contributed by atoms with Gasteiger partial charge in [0.15, 0.2) is 0 Å². The van der Waals surface area contributed by atoms with Crippen molar-refractivity contribution in [1.82, 2.24) is 18.3 Å². The van der Waals surface area contributed by atoms with Gasteiger partial charge in [0.25, 0.3) is 0 Å². The van der Waals surface area contributed by atoms with Crippen molar-refractivity contribution in [2.75, 3.05) is 9.80 Å². The lowest BCUT2D eigenvalue weighted by molar-refractivity contribution is 0.669. The molecule has 598 valence electrons. The third kappa shape index (κ3) is 11.6. The van der Waals surface area contributed by atoms with Crippen LogP contribution in [0.1, 0.15) is 0 Å². The minimum absolute atomic E-state index is 0.807. The number of benzene rings is 20. The van der Waals surface area contributed by atoms with Gasteiger partial charge in [-0.1, -0.05) is 285 Å². The van der Waals surface area contributed by atoms with Crippen molar-refractivity contribution >= 4 is 175 Å². The van der Waals surface area contributed by atoms with E-state index in [0.717, 1.165) is 140 Å². The van der Waals surface area contributed by atoms with Crippen LogP contribution in [0, 0.1) is 0 Å². The third-order valence-corrected chi connectivity index (χ3v) is 27.5. The number of fused-ring (bicyclic) bond motifs is 18. The van der Waals surface area contributed by atoms with Crippen molar-refractivity contribution in [1.29, 1.82) is 0 Å². The Morgan fingerprint density at radius 2 is 0.461 bits per heavy atom. The van der Waals surface area contributed by atoms with Crippen LogP contribution in [-0.2, 0) is 0 Å². The molecule has 0 radical (unpaired) electrons. The summed E-state index contributed by atoms with van der Waals surface area (Å²) in [5, 5.41) is 14.4. The molecular formula is C120H76N6OS. The predicted octanol–water partition coefficient (Wildman–Crippen LogP) is 33.6. The standard InChI is InChI=1S/C120H76N6OS/c1-13-38-103(123-107-42-17-5-30-92(107)93-31-6-18-43-108(93)123)88(26-1)77-52-62-83(63-53-77)121(84-64-54-78(55-65-84)89-27-2-14-39-104(89)124-109-44-19-7-32-94(109)95-33-8-20-45-110(95)124)87-70-72-100-99-71-60-82(75-116(99)127-117(100)76-87)81-61-73-114-102(74-81)98-36-11-23-48-113(98)126(114)106-41-16-4-29-91(106)80-58-68-86(69-59-80)122(115-49-25-51-119-120(115)101-37-12-24-50-118(101)128-119)85-66-56-79(57-67-85)90-28-3-15-40-105(90)125-111-46-21-9-34-96(111)97-35-10-22-47-112(97)125/h1-76H. The number of thiophene rings is 1. The molecule has 26 rings (SSSR count). The van der Waals surface area contributed by atoms with Gasteiger partial charge in [0.05, 0.1) is 72.6 Å². The van der Waals surface area contributed by atoms with Gasteiger partial charge < -0.3 is 32.5 Å². The van der Waals surface area contributed by atoms with Crippen molar-refractivity contribution in [2.45, 2.75) is 0 Å². The van der Waals surface area contributed by atoms with Crippen LogP contribution < -0.4 is 9.80 Å². The molecule has 0 unspecified atom stereocenters. The molecule has 128 heavy (non-hydrogen) atoms. The lowest BCUT2D eigenvalue weighted by Crippen LogP contribution is -2.10. The monoisotopic (exact) mass is 1650 g/mol. The highest BCUT2D eigenvalue weighted by Crippen LogP contribution is 2.50. The quantitative estimate of drug-likeness (QED) is 0.103. The number of hydrogen-bond donors (Lipinski definition) is 0. The topological polar surface area (TPSA) is 39.3 Å². The second kappa shape index (κ2) is 29.5. The Balaban J connectivity index is 0.544. The summed E-state index contributed by atoms with van der Waals surface area (Å²) in [5.41, 5.74) is 33.1. The van der Waals surface area contributed by atoms with E-state index >= 15 is 0 Å². The van der Waals surface area contributed by atoms with Gasteiger partial charge in [-0.3, -0.25) is 0 Å². The number of aromatic nitrogens is 4. The van der Waals surface area contributed by atoms with Gasteiger partial charge in [-0.25, -0.2) is 0 Å². The van der Waals surface area contributed by atoms with E-state index in [4.69, 9.17) is 4.42 Å². The molecule has 0 N–H and O–H groups in total. The Hall–Kier alpha value is -16.8. The summed E-state index contributed by atoms with van der Waals surface area (Å²) in [6.45, 7) is 0. The molecule has 0 spiro atoms. The molecule has 0 saturated carbocycles. The Morgan fingerprint density at radius 1 is 0.180 bits per heavy atom. The minimum Gasteiger partial charge on any atom is -0.456 e. The van der Waals surface area contributed by atoms with E-state index in [-0.39, 0.29) is 0 Å². The zero-order valence-electron chi connectivity index (χ0n) is 69.4. The molecule has 0 atom stereocenters. The molecule has 6 heterocycles. The maximum absolute atomic E-state index is 7.13. The van der Waals surface area contributed by atoms with Crippen LogP contribution in [0.4, 0.5) is 34.1 Å². The zero-order chi connectivity index (χ0) is 84.0. The normalized spacial score (nSPS) is 11.9. The first-order valence-electron chi connectivity index (χ1n) is 43.8. The fraction of sp³-hybridized carbons (Fsp3) is 0. The minimum atomic E-state index is 0.807.